The van der Waals surface area contributed by atoms with Gasteiger partial charge in [0.25, 0.3) is 0 Å². The van der Waals surface area contributed by atoms with Crippen molar-refractivity contribution in [2.24, 2.45) is 0 Å². The minimum absolute atomic E-state index is 0.545. The Hall–Kier alpha value is -2.51. The van der Waals surface area contributed by atoms with Crippen LogP contribution in [0.3, 0.4) is 0 Å². The molecular weight excluding hydrogens is 262 g/mol. The van der Waals surface area contributed by atoms with Gasteiger partial charge in [-0.2, -0.15) is 5.26 Å². The zero-order valence-corrected chi connectivity index (χ0v) is 11.7. The van der Waals surface area contributed by atoms with Crippen LogP contribution in [-0.2, 0) is 0 Å². The molecule has 1 saturated heterocycles. The zero-order chi connectivity index (χ0) is 14.5. The minimum atomic E-state index is 0.545. The molecule has 2 aromatic carbocycles. The highest BCUT2D eigenvalue weighted by molar-refractivity contribution is 5.51. The molecule has 106 valence electrons. The number of piperazine rings is 1. The van der Waals surface area contributed by atoms with E-state index in [2.05, 4.69) is 28.4 Å². The number of nitrogens with zero attached hydrogens (tertiary/aromatic N) is 2. The zero-order valence-electron chi connectivity index (χ0n) is 11.7. The maximum Gasteiger partial charge on any atom is 0.145 e. The molecule has 0 aromatic heterocycles. The lowest BCUT2D eigenvalue weighted by Gasteiger charge is -2.29. The van der Waals surface area contributed by atoms with Crippen LogP contribution >= 0.6 is 0 Å². The Bertz CT molecular complexity index is 640. The first-order chi connectivity index (χ1) is 10.4. The third-order valence-corrected chi connectivity index (χ3v) is 3.55. The number of para-hydroxylation sites is 1. The monoisotopic (exact) mass is 279 g/mol. The van der Waals surface area contributed by atoms with Crippen molar-refractivity contribution in [3.05, 3.63) is 54.1 Å². The Labute approximate surface area is 124 Å². The van der Waals surface area contributed by atoms with Gasteiger partial charge in [-0.15, -0.1) is 0 Å². The van der Waals surface area contributed by atoms with Gasteiger partial charge in [0.2, 0.25) is 0 Å². The largest absolute Gasteiger partial charge is 0.456 e. The number of nitrogens with one attached hydrogen (secondary N) is 1. The van der Waals surface area contributed by atoms with Crippen molar-refractivity contribution in [1.82, 2.24) is 5.32 Å². The second kappa shape index (κ2) is 6.29. The number of anilines is 1. The van der Waals surface area contributed by atoms with Crippen LogP contribution in [0.4, 0.5) is 5.69 Å². The van der Waals surface area contributed by atoms with Gasteiger partial charge in [0, 0.05) is 31.9 Å². The maximum absolute atomic E-state index is 9.07. The van der Waals surface area contributed by atoms with Crippen LogP contribution in [-0.4, -0.2) is 26.2 Å². The first-order valence-corrected chi connectivity index (χ1v) is 7.09. The Morgan fingerprint density at radius 1 is 1.00 bits per heavy atom. The number of rotatable bonds is 3. The molecule has 3 rings (SSSR count). The van der Waals surface area contributed by atoms with Gasteiger partial charge in [-0.1, -0.05) is 12.1 Å². The number of hydrogen-bond acceptors (Lipinski definition) is 4. The minimum Gasteiger partial charge on any atom is -0.456 e. The normalized spacial score (nSPS) is 14.5. The maximum atomic E-state index is 9.07. The lowest BCUT2D eigenvalue weighted by atomic mass is 10.2. The van der Waals surface area contributed by atoms with Crippen LogP contribution in [0.15, 0.2) is 48.5 Å². The summed E-state index contributed by atoms with van der Waals surface area (Å²) in [7, 11) is 0. The summed E-state index contributed by atoms with van der Waals surface area (Å²) < 4.78 is 5.79. The fraction of sp³-hybridized carbons (Fsp3) is 0.235. The van der Waals surface area contributed by atoms with E-state index in [9.17, 15) is 0 Å². The van der Waals surface area contributed by atoms with Gasteiger partial charge in [0.15, 0.2) is 0 Å². The molecule has 1 N–H and O–H groups in total. The summed E-state index contributed by atoms with van der Waals surface area (Å²) in [5.74, 6) is 1.34. The smallest absolute Gasteiger partial charge is 0.145 e. The van der Waals surface area contributed by atoms with E-state index in [0.717, 1.165) is 31.9 Å². The van der Waals surface area contributed by atoms with Crippen LogP contribution < -0.4 is 15.0 Å². The van der Waals surface area contributed by atoms with Gasteiger partial charge in [0.1, 0.15) is 17.6 Å². The van der Waals surface area contributed by atoms with E-state index in [1.54, 1.807) is 6.07 Å². The number of benzene rings is 2. The van der Waals surface area contributed by atoms with E-state index >= 15 is 0 Å². The molecule has 0 aliphatic carbocycles. The molecule has 0 radical (unpaired) electrons. The van der Waals surface area contributed by atoms with Gasteiger partial charge in [-0.25, -0.2) is 0 Å². The van der Waals surface area contributed by atoms with E-state index in [1.807, 2.05) is 30.3 Å². The van der Waals surface area contributed by atoms with Gasteiger partial charge in [-0.3, -0.25) is 0 Å². The fourth-order valence-electron chi connectivity index (χ4n) is 2.42. The van der Waals surface area contributed by atoms with E-state index in [4.69, 9.17) is 10.00 Å². The second-order valence-electron chi connectivity index (χ2n) is 4.94. The molecule has 1 aliphatic rings. The van der Waals surface area contributed by atoms with Crippen LogP contribution in [0.5, 0.6) is 11.5 Å². The Morgan fingerprint density at radius 3 is 2.43 bits per heavy atom. The molecule has 1 fully saturated rings. The third-order valence-electron chi connectivity index (χ3n) is 3.55. The quantitative estimate of drug-likeness (QED) is 0.938. The first-order valence-electron chi connectivity index (χ1n) is 7.09. The Morgan fingerprint density at radius 2 is 1.71 bits per heavy atom. The standard InChI is InChI=1S/C17H17N3O/c18-13-14-3-1-2-4-17(14)21-16-7-5-15(6-8-16)20-11-9-19-10-12-20/h1-8,19H,9-12H2. The van der Waals surface area contributed by atoms with Crippen molar-refractivity contribution in [3.8, 4) is 17.6 Å². The lowest BCUT2D eigenvalue weighted by molar-refractivity contribution is 0.481. The molecule has 1 aliphatic heterocycles. The number of ether oxygens (including phenoxy) is 1. The lowest BCUT2D eigenvalue weighted by Crippen LogP contribution is -2.43. The SMILES string of the molecule is N#Cc1ccccc1Oc1ccc(N2CCNCC2)cc1. The summed E-state index contributed by atoms with van der Waals surface area (Å²) in [5.41, 5.74) is 1.75. The van der Waals surface area contributed by atoms with Gasteiger partial charge >= 0.3 is 0 Å². The van der Waals surface area contributed by atoms with E-state index in [0.29, 0.717) is 11.3 Å². The molecule has 0 bridgehead atoms. The average Bonchev–Trinajstić information content (AvgIpc) is 2.57. The van der Waals surface area contributed by atoms with Crippen LogP contribution in [0, 0.1) is 11.3 Å². The third kappa shape index (κ3) is 3.15. The molecule has 0 unspecified atom stereocenters. The van der Waals surface area contributed by atoms with Gasteiger partial charge in [-0.05, 0) is 36.4 Å². The molecule has 0 saturated carbocycles. The molecule has 0 amide bonds. The predicted molar refractivity (Wildman–Crippen MR) is 82.8 cm³/mol. The van der Waals surface area contributed by atoms with E-state index in [-0.39, 0.29) is 0 Å². The molecular formula is C17H17N3O. The van der Waals surface area contributed by atoms with Crippen molar-refractivity contribution in [1.29, 1.82) is 5.26 Å². The van der Waals surface area contributed by atoms with Crippen molar-refractivity contribution >= 4 is 5.69 Å². The number of nitriles is 1. The Balaban J connectivity index is 1.74. The van der Waals surface area contributed by atoms with Crippen LogP contribution in [0.1, 0.15) is 5.56 Å². The molecule has 4 heteroatoms. The van der Waals surface area contributed by atoms with Crippen molar-refractivity contribution in [2.75, 3.05) is 31.1 Å². The van der Waals surface area contributed by atoms with Gasteiger partial charge < -0.3 is 15.0 Å². The number of hydrogen-bond donors (Lipinski definition) is 1. The Kier molecular flexibility index (Phi) is 4.04. The van der Waals surface area contributed by atoms with E-state index < -0.39 is 0 Å². The molecule has 0 atom stereocenters. The topological polar surface area (TPSA) is 48.3 Å². The fourth-order valence-corrected chi connectivity index (χ4v) is 2.42. The highest BCUT2D eigenvalue weighted by atomic mass is 16.5. The van der Waals surface area contributed by atoms with Crippen molar-refractivity contribution in [2.45, 2.75) is 0 Å². The van der Waals surface area contributed by atoms with Crippen LogP contribution in [0.25, 0.3) is 0 Å². The molecule has 2 aromatic rings. The first kappa shape index (κ1) is 13.5. The summed E-state index contributed by atoms with van der Waals surface area (Å²) in [4.78, 5) is 2.35. The van der Waals surface area contributed by atoms with Crippen molar-refractivity contribution in [3.63, 3.8) is 0 Å². The highest BCUT2D eigenvalue weighted by Crippen LogP contribution is 2.26. The summed E-state index contributed by atoms with van der Waals surface area (Å²) >= 11 is 0. The predicted octanol–water partition coefficient (Wildman–Crippen LogP) is 2.76. The van der Waals surface area contributed by atoms with E-state index in [1.165, 1.54) is 5.69 Å². The summed E-state index contributed by atoms with van der Waals surface area (Å²) in [6, 6.07) is 17.4. The molecule has 0 spiro atoms. The van der Waals surface area contributed by atoms with Gasteiger partial charge in [0.05, 0.1) is 5.56 Å². The summed E-state index contributed by atoms with van der Waals surface area (Å²) in [6.07, 6.45) is 0. The second-order valence-corrected chi connectivity index (χ2v) is 4.94. The average molecular weight is 279 g/mol. The highest BCUT2D eigenvalue weighted by Gasteiger charge is 2.10. The molecule has 21 heavy (non-hydrogen) atoms. The summed E-state index contributed by atoms with van der Waals surface area (Å²) in [6.45, 7) is 4.09. The molecule has 1 heterocycles. The summed E-state index contributed by atoms with van der Waals surface area (Å²) in [5, 5.41) is 12.4. The molecule has 4 nitrogen and oxygen atoms in total. The van der Waals surface area contributed by atoms with Crippen molar-refractivity contribution < 1.29 is 4.74 Å². The van der Waals surface area contributed by atoms with Crippen LogP contribution in [0.2, 0.25) is 0 Å².